The van der Waals surface area contributed by atoms with Crippen LogP contribution in [0.1, 0.15) is 38.2 Å². The predicted molar refractivity (Wildman–Crippen MR) is 121 cm³/mol. The number of nitrogens with zero attached hydrogens (tertiary/aromatic N) is 3. The average Bonchev–Trinajstić information content (AvgIpc) is 3.49. The van der Waals surface area contributed by atoms with Gasteiger partial charge in [-0.2, -0.15) is 0 Å². The highest BCUT2D eigenvalue weighted by Gasteiger charge is 2.21. The largest absolute Gasteiger partial charge is 0.312 e. The molecule has 164 valence electrons. The van der Waals surface area contributed by atoms with Gasteiger partial charge in [-0.15, -0.1) is 5.10 Å². The van der Waals surface area contributed by atoms with Crippen molar-refractivity contribution in [2.45, 2.75) is 44.0 Å². The van der Waals surface area contributed by atoms with E-state index < -0.39 is 10.0 Å². The molecule has 1 aliphatic carbocycles. The van der Waals surface area contributed by atoms with Crippen molar-refractivity contribution >= 4 is 15.7 Å². The van der Waals surface area contributed by atoms with Crippen molar-refractivity contribution in [3.8, 4) is 5.69 Å². The zero-order chi connectivity index (χ0) is 21.7. The van der Waals surface area contributed by atoms with Crippen molar-refractivity contribution in [1.82, 2.24) is 20.3 Å². The normalized spacial score (nSPS) is 15.8. The van der Waals surface area contributed by atoms with Gasteiger partial charge in [-0.1, -0.05) is 56.0 Å². The summed E-state index contributed by atoms with van der Waals surface area (Å²) in [5.74, 6) is 1.44. The van der Waals surface area contributed by atoms with Crippen LogP contribution in [0.25, 0.3) is 5.69 Å². The van der Waals surface area contributed by atoms with Gasteiger partial charge in [-0.05, 0) is 54.3 Å². The van der Waals surface area contributed by atoms with Crippen molar-refractivity contribution < 1.29 is 8.42 Å². The van der Waals surface area contributed by atoms with Crippen LogP contribution < -0.4 is 10.0 Å². The van der Waals surface area contributed by atoms with E-state index in [9.17, 15) is 8.42 Å². The number of hydrogen-bond acceptors (Lipinski definition) is 5. The number of hydrogen-bond donors (Lipinski definition) is 2. The number of para-hydroxylation sites is 1. The number of benzene rings is 2. The van der Waals surface area contributed by atoms with Crippen LogP contribution in [0.5, 0.6) is 0 Å². The molecule has 1 saturated carbocycles. The third-order valence-electron chi connectivity index (χ3n) is 6.08. The Morgan fingerprint density at radius 3 is 2.55 bits per heavy atom. The molecule has 3 aromatic rings. The summed E-state index contributed by atoms with van der Waals surface area (Å²) in [6.07, 6.45) is 8.63. The molecule has 0 radical (unpaired) electrons. The summed E-state index contributed by atoms with van der Waals surface area (Å²) >= 11 is 0. The topological polar surface area (TPSA) is 88.9 Å². The van der Waals surface area contributed by atoms with E-state index in [4.69, 9.17) is 0 Å². The lowest BCUT2D eigenvalue weighted by Crippen LogP contribution is -2.25. The van der Waals surface area contributed by atoms with Crippen molar-refractivity contribution in [3.05, 3.63) is 66.5 Å². The quantitative estimate of drug-likeness (QED) is 0.526. The van der Waals surface area contributed by atoms with E-state index in [1.165, 1.54) is 25.7 Å². The van der Waals surface area contributed by atoms with Crippen LogP contribution in [0.15, 0.2) is 65.8 Å². The number of rotatable bonds is 9. The van der Waals surface area contributed by atoms with Crippen LogP contribution >= 0.6 is 0 Å². The number of sulfonamides is 1. The van der Waals surface area contributed by atoms with Crippen molar-refractivity contribution in [2.24, 2.45) is 11.8 Å². The highest BCUT2D eigenvalue weighted by atomic mass is 32.2. The molecule has 0 amide bonds. The lowest BCUT2D eigenvalue weighted by Gasteiger charge is -2.20. The number of aromatic nitrogens is 3. The lowest BCUT2D eigenvalue weighted by atomic mass is 9.92. The first-order valence-corrected chi connectivity index (χ1v) is 12.3. The molecule has 1 heterocycles. The Morgan fingerprint density at radius 2 is 1.84 bits per heavy atom. The van der Waals surface area contributed by atoms with Gasteiger partial charge in [-0.25, -0.2) is 13.1 Å². The van der Waals surface area contributed by atoms with Gasteiger partial charge < -0.3 is 5.32 Å². The summed E-state index contributed by atoms with van der Waals surface area (Å²) in [6, 6.07) is 14.1. The molecule has 2 aromatic carbocycles. The molecule has 1 aliphatic rings. The molecule has 1 aromatic heterocycles. The number of anilines is 1. The van der Waals surface area contributed by atoms with E-state index in [0.29, 0.717) is 18.2 Å². The predicted octanol–water partition coefficient (Wildman–Crippen LogP) is 3.98. The van der Waals surface area contributed by atoms with Crippen LogP contribution in [0, 0.1) is 11.8 Å². The Kier molecular flexibility index (Phi) is 6.67. The Hall–Kier alpha value is -2.71. The zero-order valence-corrected chi connectivity index (χ0v) is 18.6. The molecule has 2 N–H and O–H groups in total. The third-order valence-corrected chi connectivity index (χ3v) is 7.46. The second kappa shape index (κ2) is 9.62. The van der Waals surface area contributed by atoms with Crippen LogP contribution in [0.4, 0.5) is 5.69 Å². The van der Waals surface area contributed by atoms with Gasteiger partial charge in [0.15, 0.2) is 0 Å². The smallest absolute Gasteiger partial charge is 0.261 e. The molecule has 31 heavy (non-hydrogen) atoms. The van der Waals surface area contributed by atoms with Crippen molar-refractivity contribution in [3.63, 3.8) is 0 Å². The van der Waals surface area contributed by atoms with E-state index in [0.717, 1.165) is 23.7 Å². The van der Waals surface area contributed by atoms with Gasteiger partial charge in [-0.3, -0.25) is 4.72 Å². The summed E-state index contributed by atoms with van der Waals surface area (Å²) < 4.78 is 30.2. The second-order valence-corrected chi connectivity index (χ2v) is 9.94. The molecule has 0 aliphatic heterocycles. The van der Waals surface area contributed by atoms with Crippen LogP contribution in [-0.4, -0.2) is 30.0 Å². The van der Waals surface area contributed by atoms with Crippen LogP contribution in [0.2, 0.25) is 0 Å². The van der Waals surface area contributed by atoms with Crippen molar-refractivity contribution in [1.29, 1.82) is 0 Å². The summed E-state index contributed by atoms with van der Waals surface area (Å²) in [5, 5.41) is 11.2. The Bertz CT molecular complexity index is 1080. The first-order chi connectivity index (χ1) is 15.0. The monoisotopic (exact) mass is 439 g/mol. The number of nitrogens with one attached hydrogen (secondary N) is 2. The molecule has 0 saturated heterocycles. The summed E-state index contributed by atoms with van der Waals surface area (Å²) in [7, 11) is -3.70. The van der Waals surface area contributed by atoms with Gasteiger partial charge in [0.1, 0.15) is 0 Å². The minimum atomic E-state index is -3.70. The highest BCUT2D eigenvalue weighted by molar-refractivity contribution is 7.92. The molecular weight excluding hydrogens is 410 g/mol. The maximum absolute atomic E-state index is 12.9. The fraction of sp³-hybridized carbons (Fsp3) is 0.391. The van der Waals surface area contributed by atoms with Crippen molar-refractivity contribution in [2.75, 3.05) is 11.3 Å². The molecule has 0 bridgehead atoms. The fourth-order valence-corrected chi connectivity index (χ4v) is 5.33. The maximum atomic E-state index is 12.9. The minimum Gasteiger partial charge on any atom is -0.312 e. The minimum absolute atomic E-state index is 0.203. The summed E-state index contributed by atoms with van der Waals surface area (Å²) in [4.78, 5) is 0.203. The van der Waals surface area contributed by atoms with Gasteiger partial charge in [0.2, 0.25) is 0 Å². The molecule has 1 unspecified atom stereocenters. The van der Waals surface area contributed by atoms with E-state index in [2.05, 4.69) is 27.3 Å². The second-order valence-electron chi connectivity index (χ2n) is 8.26. The van der Waals surface area contributed by atoms with E-state index >= 15 is 0 Å². The molecular formula is C23H29N5O2S. The Labute approximate surface area is 183 Å². The van der Waals surface area contributed by atoms with E-state index in [1.54, 1.807) is 47.4 Å². The molecule has 0 spiro atoms. The van der Waals surface area contributed by atoms with Crippen LogP contribution in [0.3, 0.4) is 0 Å². The SMILES string of the molecule is CC(CNCc1ccccc1NS(=O)(=O)c1ccc(-n2ccnn2)cc1)C1CCCC1. The average molecular weight is 440 g/mol. The molecule has 8 heteroatoms. The van der Waals surface area contributed by atoms with E-state index in [1.807, 2.05) is 18.2 Å². The highest BCUT2D eigenvalue weighted by Crippen LogP contribution is 2.31. The third kappa shape index (κ3) is 5.32. The molecule has 7 nitrogen and oxygen atoms in total. The zero-order valence-electron chi connectivity index (χ0n) is 17.7. The maximum Gasteiger partial charge on any atom is 0.261 e. The first kappa shape index (κ1) is 21.5. The van der Waals surface area contributed by atoms with E-state index in [-0.39, 0.29) is 4.90 Å². The van der Waals surface area contributed by atoms with Gasteiger partial charge in [0.25, 0.3) is 10.0 Å². The van der Waals surface area contributed by atoms with Gasteiger partial charge in [0.05, 0.1) is 28.7 Å². The summed E-state index contributed by atoms with van der Waals surface area (Å²) in [6.45, 7) is 3.87. The molecule has 4 rings (SSSR count). The standard InChI is InChI=1S/C23H29N5O2S/c1-18(19-6-2-3-7-19)16-24-17-20-8-4-5-9-23(20)26-31(29,30)22-12-10-21(11-13-22)28-15-14-25-27-28/h4-5,8-15,18-19,24,26H,2-3,6-7,16-17H2,1H3. The van der Waals surface area contributed by atoms with Gasteiger partial charge in [0, 0.05) is 6.54 Å². The van der Waals surface area contributed by atoms with Crippen LogP contribution in [-0.2, 0) is 16.6 Å². The Morgan fingerprint density at radius 1 is 1.10 bits per heavy atom. The first-order valence-electron chi connectivity index (χ1n) is 10.8. The Balaban J connectivity index is 1.41. The molecule has 1 atom stereocenters. The fourth-order valence-electron chi connectivity index (χ4n) is 4.23. The molecule has 1 fully saturated rings. The van der Waals surface area contributed by atoms with Gasteiger partial charge >= 0.3 is 0 Å². The lowest BCUT2D eigenvalue weighted by molar-refractivity contribution is 0.348. The summed E-state index contributed by atoms with van der Waals surface area (Å²) in [5.41, 5.74) is 2.28.